The number of amides is 1. The van der Waals surface area contributed by atoms with Crippen molar-refractivity contribution in [2.45, 2.75) is 45.4 Å². The topological polar surface area (TPSA) is 64.3 Å². The monoisotopic (exact) mass is 408 g/mol. The number of nitrogens with two attached hydrogens (primary N) is 1. The highest BCUT2D eigenvalue weighted by Gasteiger charge is 2.62. The van der Waals surface area contributed by atoms with E-state index in [2.05, 4.69) is 21.2 Å². The Labute approximate surface area is 150 Å². The van der Waals surface area contributed by atoms with E-state index in [9.17, 15) is 9.18 Å². The number of nitrogens with one attached hydrogen (secondary N) is 1. The van der Waals surface area contributed by atoms with Gasteiger partial charge in [-0.3, -0.25) is 4.79 Å². The van der Waals surface area contributed by atoms with Gasteiger partial charge in [0.15, 0.2) is 0 Å². The molecule has 1 amide bonds. The van der Waals surface area contributed by atoms with Crippen molar-refractivity contribution < 1.29 is 13.9 Å². The van der Waals surface area contributed by atoms with Gasteiger partial charge in [-0.15, -0.1) is 12.4 Å². The van der Waals surface area contributed by atoms with Gasteiger partial charge in [-0.25, -0.2) is 4.39 Å². The van der Waals surface area contributed by atoms with Crippen molar-refractivity contribution in [2.75, 3.05) is 6.61 Å². The average Bonchev–Trinajstić information content (AvgIpc) is 2.47. The zero-order valence-electron chi connectivity index (χ0n) is 13.5. The molecule has 0 aliphatic heterocycles. The molecule has 0 saturated heterocycles. The molecule has 130 valence electrons. The number of halogens is 3. The van der Waals surface area contributed by atoms with Crippen molar-refractivity contribution in [1.82, 2.24) is 5.32 Å². The molecule has 0 aromatic heterocycles. The second-order valence-corrected chi connectivity index (χ2v) is 7.13. The molecule has 1 aromatic carbocycles. The molecule has 2 unspecified atom stereocenters. The smallest absolute Gasteiger partial charge is 0.241 e. The van der Waals surface area contributed by atoms with Gasteiger partial charge in [0.05, 0.1) is 10.6 Å². The van der Waals surface area contributed by atoms with Crippen molar-refractivity contribution in [2.24, 2.45) is 11.1 Å². The van der Waals surface area contributed by atoms with E-state index >= 15 is 0 Å². The normalized spacial score (nSPS) is 25.2. The molecular weight excluding hydrogens is 387 g/mol. The summed E-state index contributed by atoms with van der Waals surface area (Å²) in [4.78, 5) is 12.4. The first kappa shape index (κ1) is 20.4. The number of hydrogen-bond donors (Lipinski definition) is 2. The lowest BCUT2D eigenvalue weighted by Crippen LogP contribution is -2.75. The van der Waals surface area contributed by atoms with Gasteiger partial charge in [-0.2, -0.15) is 0 Å². The molecule has 1 fully saturated rings. The Bertz CT molecular complexity index is 585. The van der Waals surface area contributed by atoms with E-state index in [1.807, 2.05) is 20.8 Å². The van der Waals surface area contributed by atoms with Crippen molar-refractivity contribution in [3.05, 3.63) is 34.1 Å². The van der Waals surface area contributed by atoms with Crippen LogP contribution in [0.15, 0.2) is 22.7 Å². The summed E-state index contributed by atoms with van der Waals surface area (Å²) in [7, 11) is 0. The summed E-state index contributed by atoms with van der Waals surface area (Å²) in [5.74, 6) is -0.577. The lowest BCUT2D eigenvalue weighted by atomic mass is 9.54. The summed E-state index contributed by atoms with van der Waals surface area (Å²) < 4.78 is 19.5. The summed E-state index contributed by atoms with van der Waals surface area (Å²) in [6, 6.07) is 4.77. The molecule has 0 radical (unpaired) electrons. The minimum atomic E-state index is -0.958. The minimum absolute atomic E-state index is 0. The fourth-order valence-electron chi connectivity index (χ4n) is 2.81. The van der Waals surface area contributed by atoms with Crippen molar-refractivity contribution in [3.63, 3.8) is 0 Å². The molecule has 0 heterocycles. The summed E-state index contributed by atoms with van der Waals surface area (Å²) in [6.07, 6.45) is 0.479. The Hall–Kier alpha value is -0.690. The fraction of sp³-hybridized carbons (Fsp3) is 0.562. The van der Waals surface area contributed by atoms with Gasteiger partial charge >= 0.3 is 0 Å². The molecule has 2 atom stereocenters. The van der Waals surface area contributed by atoms with Crippen molar-refractivity contribution in [3.8, 4) is 0 Å². The van der Waals surface area contributed by atoms with Crippen LogP contribution in [0.3, 0.4) is 0 Å². The summed E-state index contributed by atoms with van der Waals surface area (Å²) in [6.45, 7) is 6.65. The largest absolute Gasteiger partial charge is 0.378 e. The molecule has 3 N–H and O–H groups in total. The van der Waals surface area contributed by atoms with Crippen LogP contribution in [0.1, 0.15) is 32.8 Å². The third kappa shape index (κ3) is 3.71. The molecule has 0 bridgehead atoms. The predicted molar refractivity (Wildman–Crippen MR) is 93.9 cm³/mol. The van der Waals surface area contributed by atoms with Crippen LogP contribution in [0.2, 0.25) is 0 Å². The standard InChI is InChI=1S/C16H22BrFN2O2.ClH/c1-4-22-13-8-16(19,15(13,2)3)14(21)20-9-10-5-6-11(17)12(18)7-10;/h5-7,13H,4,8-9,19H2,1-3H3,(H,20,21);1H. The third-order valence-electron chi connectivity index (χ3n) is 4.67. The zero-order valence-corrected chi connectivity index (χ0v) is 15.9. The van der Waals surface area contributed by atoms with Crippen molar-refractivity contribution >= 4 is 34.2 Å². The predicted octanol–water partition coefficient (Wildman–Crippen LogP) is 3.16. The van der Waals surface area contributed by atoms with Crippen LogP contribution in [0.4, 0.5) is 4.39 Å². The molecule has 7 heteroatoms. The summed E-state index contributed by atoms with van der Waals surface area (Å²) >= 11 is 3.10. The second kappa shape index (κ2) is 7.47. The highest BCUT2D eigenvalue weighted by molar-refractivity contribution is 9.10. The molecule has 1 aromatic rings. The van der Waals surface area contributed by atoms with Crippen molar-refractivity contribution in [1.29, 1.82) is 0 Å². The van der Waals surface area contributed by atoms with Gasteiger partial charge in [0.2, 0.25) is 5.91 Å². The quantitative estimate of drug-likeness (QED) is 0.785. The molecule has 1 saturated carbocycles. The Kier molecular flexibility index (Phi) is 6.61. The van der Waals surface area contributed by atoms with Crippen LogP contribution < -0.4 is 11.1 Å². The molecule has 1 aliphatic carbocycles. The second-order valence-electron chi connectivity index (χ2n) is 6.27. The Morgan fingerprint density at radius 1 is 1.52 bits per heavy atom. The highest BCUT2D eigenvalue weighted by atomic mass is 79.9. The van der Waals surface area contributed by atoms with Crippen LogP contribution >= 0.6 is 28.3 Å². The van der Waals surface area contributed by atoms with E-state index in [0.717, 1.165) is 0 Å². The first-order chi connectivity index (χ1) is 10.2. The van der Waals surface area contributed by atoms with E-state index in [0.29, 0.717) is 23.1 Å². The van der Waals surface area contributed by atoms with E-state index in [-0.39, 0.29) is 36.8 Å². The maximum atomic E-state index is 13.5. The van der Waals surface area contributed by atoms with E-state index in [4.69, 9.17) is 10.5 Å². The van der Waals surface area contributed by atoms with Gasteiger partial charge in [0, 0.05) is 25.0 Å². The van der Waals surface area contributed by atoms with Crippen LogP contribution in [-0.4, -0.2) is 24.2 Å². The maximum Gasteiger partial charge on any atom is 0.241 e. The Morgan fingerprint density at radius 2 is 2.17 bits per heavy atom. The third-order valence-corrected chi connectivity index (χ3v) is 5.32. The van der Waals surface area contributed by atoms with E-state index in [1.54, 1.807) is 12.1 Å². The summed E-state index contributed by atoms with van der Waals surface area (Å²) in [5, 5.41) is 2.80. The van der Waals surface area contributed by atoms with Crippen LogP contribution in [-0.2, 0) is 16.1 Å². The number of hydrogen-bond acceptors (Lipinski definition) is 3. The number of rotatable bonds is 5. The lowest BCUT2D eigenvalue weighted by molar-refractivity contribution is -0.170. The van der Waals surface area contributed by atoms with Crippen LogP contribution in [0, 0.1) is 11.2 Å². The number of ether oxygens (including phenoxy) is 1. The maximum absolute atomic E-state index is 13.5. The highest BCUT2D eigenvalue weighted by Crippen LogP contribution is 2.49. The van der Waals surface area contributed by atoms with Crippen LogP contribution in [0.5, 0.6) is 0 Å². The summed E-state index contributed by atoms with van der Waals surface area (Å²) in [5.41, 5.74) is 5.59. The van der Waals surface area contributed by atoms with Crippen LogP contribution in [0.25, 0.3) is 0 Å². The van der Waals surface area contributed by atoms with E-state index < -0.39 is 11.0 Å². The molecule has 4 nitrogen and oxygen atoms in total. The van der Waals surface area contributed by atoms with E-state index in [1.165, 1.54) is 6.07 Å². The SMILES string of the molecule is CCOC1CC(N)(C(=O)NCc2ccc(Br)c(F)c2)C1(C)C.Cl. The molecular formula is C16H23BrClFN2O2. The zero-order chi connectivity index (χ0) is 16.5. The molecule has 0 spiro atoms. The lowest BCUT2D eigenvalue weighted by Gasteiger charge is -2.57. The van der Waals surface area contributed by atoms with Gasteiger partial charge in [0.1, 0.15) is 11.4 Å². The first-order valence-electron chi connectivity index (χ1n) is 7.35. The Balaban J connectivity index is 0.00000264. The number of benzene rings is 1. The molecule has 23 heavy (non-hydrogen) atoms. The van der Waals surface area contributed by atoms with Gasteiger partial charge < -0.3 is 15.8 Å². The fourth-order valence-corrected chi connectivity index (χ4v) is 3.06. The van der Waals surface area contributed by atoms with Gasteiger partial charge in [-0.05, 0) is 40.5 Å². The number of carbonyl (C=O) groups is 1. The van der Waals surface area contributed by atoms with Gasteiger partial charge in [-0.1, -0.05) is 19.9 Å². The minimum Gasteiger partial charge on any atom is -0.378 e. The molecule has 1 aliphatic rings. The number of carbonyl (C=O) groups excluding carboxylic acids is 1. The first-order valence-corrected chi connectivity index (χ1v) is 8.14. The average molecular weight is 410 g/mol. The Morgan fingerprint density at radius 3 is 2.70 bits per heavy atom. The van der Waals surface area contributed by atoms with Gasteiger partial charge in [0.25, 0.3) is 0 Å². The molecule has 2 rings (SSSR count).